The van der Waals surface area contributed by atoms with Gasteiger partial charge in [-0.25, -0.2) is 13.2 Å². The van der Waals surface area contributed by atoms with Gasteiger partial charge in [0.1, 0.15) is 0 Å². The van der Waals surface area contributed by atoms with Crippen LogP contribution in [0.4, 0.5) is 0 Å². The largest absolute Gasteiger partial charge is 0.478 e. The number of rotatable bonds is 6. The Morgan fingerprint density at radius 2 is 1.73 bits per heavy atom. The van der Waals surface area contributed by atoms with E-state index >= 15 is 0 Å². The van der Waals surface area contributed by atoms with Gasteiger partial charge in [-0.05, 0) is 30.5 Å². The molecule has 120 valence electrons. The molecule has 0 aliphatic heterocycles. The fourth-order valence-electron chi connectivity index (χ4n) is 2.42. The summed E-state index contributed by atoms with van der Waals surface area (Å²) in [5, 5.41) is 8.78. The van der Waals surface area contributed by atoms with Crippen LogP contribution in [0.25, 0.3) is 0 Å². The van der Waals surface area contributed by atoms with Crippen LogP contribution in [0.1, 0.15) is 41.6 Å². The quantitative estimate of drug-likeness (QED) is 0.676. The number of amides is 1. The van der Waals surface area contributed by atoms with Crippen molar-refractivity contribution in [2.24, 2.45) is 5.92 Å². The number of carboxylic acids is 1. The van der Waals surface area contributed by atoms with Crippen LogP contribution in [0.2, 0.25) is 0 Å². The Kier molecular flexibility index (Phi) is 5.15. The first-order valence-electron chi connectivity index (χ1n) is 6.99. The normalized spacial score (nSPS) is 15.6. The number of carbonyl (C=O) groups excluding carboxylic acids is 1. The van der Waals surface area contributed by atoms with Crippen LogP contribution in [-0.2, 0) is 20.6 Å². The standard InChI is InChI=1S/C14H18N2O5S/c17-13(11-3-1-2-4-11)15-16-22(20,21)9-10-5-7-12(8-6-10)14(18)19/h5-8,11,16H,1-4,9H2,(H,15,17)(H,18,19). The topological polar surface area (TPSA) is 113 Å². The number of nitrogens with one attached hydrogen (secondary N) is 2. The highest BCUT2D eigenvalue weighted by molar-refractivity contribution is 7.88. The van der Waals surface area contributed by atoms with Crippen LogP contribution < -0.4 is 10.3 Å². The summed E-state index contributed by atoms with van der Waals surface area (Å²) in [6.45, 7) is 0. The Morgan fingerprint density at radius 1 is 1.14 bits per heavy atom. The van der Waals surface area contributed by atoms with E-state index in [1.807, 2.05) is 0 Å². The van der Waals surface area contributed by atoms with Gasteiger partial charge >= 0.3 is 5.97 Å². The fraction of sp³-hybridized carbons (Fsp3) is 0.429. The molecule has 0 aromatic heterocycles. The zero-order valence-corrected chi connectivity index (χ0v) is 12.7. The number of carboxylic acid groups (broad SMARTS) is 1. The maximum atomic E-state index is 11.9. The van der Waals surface area contributed by atoms with Crippen molar-refractivity contribution in [1.82, 2.24) is 10.3 Å². The summed E-state index contributed by atoms with van der Waals surface area (Å²) in [5.74, 6) is -1.84. The van der Waals surface area contributed by atoms with Crippen LogP contribution in [0.3, 0.4) is 0 Å². The monoisotopic (exact) mass is 326 g/mol. The smallest absolute Gasteiger partial charge is 0.335 e. The third-order valence-corrected chi connectivity index (χ3v) is 4.74. The van der Waals surface area contributed by atoms with Gasteiger partial charge in [-0.3, -0.25) is 10.2 Å². The molecule has 3 N–H and O–H groups in total. The first-order chi connectivity index (χ1) is 10.4. The molecule has 0 unspecified atom stereocenters. The molecule has 7 nitrogen and oxygen atoms in total. The molecule has 8 heteroatoms. The van der Waals surface area contributed by atoms with Crippen molar-refractivity contribution in [2.45, 2.75) is 31.4 Å². The Morgan fingerprint density at radius 3 is 2.27 bits per heavy atom. The van der Waals surface area contributed by atoms with Crippen LogP contribution in [0.15, 0.2) is 24.3 Å². The zero-order valence-electron chi connectivity index (χ0n) is 11.9. The van der Waals surface area contributed by atoms with E-state index < -0.39 is 16.0 Å². The minimum Gasteiger partial charge on any atom is -0.478 e. The van der Waals surface area contributed by atoms with E-state index in [1.165, 1.54) is 24.3 Å². The molecule has 2 rings (SSSR count). The minimum atomic E-state index is -3.72. The van der Waals surface area contributed by atoms with Gasteiger partial charge in [0.2, 0.25) is 15.9 Å². The molecule has 0 radical (unpaired) electrons. The van der Waals surface area contributed by atoms with Crippen LogP contribution in [0.5, 0.6) is 0 Å². The van der Waals surface area contributed by atoms with E-state index in [2.05, 4.69) is 10.3 Å². The van der Waals surface area contributed by atoms with Crippen LogP contribution in [0, 0.1) is 5.92 Å². The summed E-state index contributed by atoms with van der Waals surface area (Å²) >= 11 is 0. The van der Waals surface area contributed by atoms with Crippen molar-refractivity contribution in [1.29, 1.82) is 0 Å². The molecule has 1 aliphatic carbocycles. The molecule has 1 saturated carbocycles. The highest BCUT2D eigenvalue weighted by Crippen LogP contribution is 2.24. The highest BCUT2D eigenvalue weighted by atomic mass is 32.2. The van der Waals surface area contributed by atoms with Crippen molar-refractivity contribution < 1.29 is 23.1 Å². The highest BCUT2D eigenvalue weighted by Gasteiger charge is 2.23. The van der Waals surface area contributed by atoms with Gasteiger partial charge in [-0.15, -0.1) is 4.83 Å². The predicted molar refractivity (Wildman–Crippen MR) is 79.3 cm³/mol. The number of hydrogen-bond donors (Lipinski definition) is 3. The first kappa shape index (κ1) is 16.4. The van der Waals surface area contributed by atoms with E-state index in [1.54, 1.807) is 0 Å². The van der Waals surface area contributed by atoms with Gasteiger partial charge in [-0.2, -0.15) is 0 Å². The molecule has 1 aromatic rings. The maximum absolute atomic E-state index is 11.9. The van der Waals surface area contributed by atoms with Crippen LogP contribution >= 0.6 is 0 Å². The molecule has 1 amide bonds. The Labute approximate surface area is 128 Å². The molecule has 1 aliphatic rings. The lowest BCUT2D eigenvalue weighted by atomic mass is 10.1. The van der Waals surface area contributed by atoms with E-state index in [9.17, 15) is 18.0 Å². The van der Waals surface area contributed by atoms with E-state index in [0.29, 0.717) is 5.56 Å². The van der Waals surface area contributed by atoms with Gasteiger partial charge in [0.25, 0.3) is 0 Å². The first-order valence-corrected chi connectivity index (χ1v) is 8.64. The number of hydrogen-bond acceptors (Lipinski definition) is 4. The zero-order chi connectivity index (χ0) is 16.2. The van der Waals surface area contributed by atoms with Gasteiger partial charge in [0.05, 0.1) is 11.3 Å². The second-order valence-corrected chi connectivity index (χ2v) is 7.06. The molecule has 0 atom stereocenters. The Hall–Kier alpha value is -1.93. The molecule has 0 saturated heterocycles. The molecule has 0 spiro atoms. The third-order valence-electron chi connectivity index (χ3n) is 3.61. The minimum absolute atomic E-state index is 0.0867. The average molecular weight is 326 g/mol. The Bertz CT molecular complexity index is 648. The number of benzene rings is 1. The SMILES string of the molecule is O=C(O)c1ccc(CS(=O)(=O)NNC(=O)C2CCCC2)cc1. The van der Waals surface area contributed by atoms with Crippen molar-refractivity contribution in [2.75, 3.05) is 0 Å². The number of sulfonamides is 1. The summed E-state index contributed by atoms with van der Waals surface area (Å²) in [4.78, 5) is 24.6. The molecule has 1 aromatic carbocycles. The van der Waals surface area contributed by atoms with Crippen molar-refractivity contribution >= 4 is 21.9 Å². The van der Waals surface area contributed by atoms with Crippen molar-refractivity contribution in [3.63, 3.8) is 0 Å². The summed E-state index contributed by atoms with van der Waals surface area (Å²) in [6.07, 6.45) is 3.54. The van der Waals surface area contributed by atoms with E-state index in [4.69, 9.17) is 5.11 Å². The van der Waals surface area contributed by atoms with E-state index in [0.717, 1.165) is 25.7 Å². The molecule has 0 heterocycles. The van der Waals surface area contributed by atoms with Crippen molar-refractivity contribution in [3.05, 3.63) is 35.4 Å². The molecular weight excluding hydrogens is 308 g/mol. The molecule has 22 heavy (non-hydrogen) atoms. The van der Waals surface area contributed by atoms with Crippen molar-refractivity contribution in [3.8, 4) is 0 Å². The molecule has 1 fully saturated rings. The Balaban J connectivity index is 1.90. The second kappa shape index (κ2) is 6.89. The van der Waals surface area contributed by atoms with Gasteiger partial charge in [0.15, 0.2) is 0 Å². The maximum Gasteiger partial charge on any atom is 0.335 e. The second-order valence-electron chi connectivity index (χ2n) is 5.33. The number of hydrazine groups is 1. The fourth-order valence-corrected chi connectivity index (χ4v) is 3.38. The van der Waals surface area contributed by atoms with Gasteiger partial charge in [0, 0.05) is 5.92 Å². The average Bonchev–Trinajstić information content (AvgIpc) is 2.99. The lowest BCUT2D eigenvalue weighted by Gasteiger charge is -2.12. The van der Waals surface area contributed by atoms with E-state index in [-0.39, 0.29) is 23.1 Å². The van der Waals surface area contributed by atoms with Gasteiger partial charge < -0.3 is 5.11 Å². The number of carbonyl (C=O) groups is 2. The number of aromatic carboxylic acids is 1. The predicted octanol–water partition coefficient (Wildman–Crippen LogP) is 1.03. The molecular formula is C14H18N2O5S. The molecule has 0 bridgehead atoms. The summed E-state index contributed by atoms with van der Waals surface area (Å²) in [6, 6.07) is 5.54. The van der Waals surface area contributed by atoms with Crippen LogP contribution in [-0.4, -0.2) is 25.4 Å². The summed E-state index contributed by atoms with van der Waals surface area (Å²) in [5.41, 5.74) is 2.77. The summed E-state index contributed by atoms with van der Waals surface area (Å²) in [7, 11) is -3.72. The van der Waals surface area contributed by atoms with Gasteiger partial charge in [-0.1, -0.05) is 25.0 Å². The third kappa shape index (κ3) is 4.54. The lowest BCUT2D eigenvalue weighted by Crippen LogP contribution is -2.44. The summed E-state index contributed by atoms with van der Waals surface area (Å²) < 4.78 is 23.8. The lowest BCUT2D eigenvalue weighted by molar-refractivity contribution is -0.125.